The summed E-state index contributed by atoms with van der Waals surface area (Å²) in [5, 5.41) is 17.9. The highest BCUT2D eigenvalue weighted by atomic mass is 16.4. The summed E-state index contributed by atoms with van der Waals surface area (Å²) < 4.78 is 0. The number of allylic oxidation sites excluding steroid dienone is 2. The molecular weight excluding hydrogens is 187 g/mol. The van der Waals surface area contributed by atoms with Crippen LogP contribution in [0.25, 0.3) is 5.57 Å². The SMILES string of the molecule is OB(O)c1ccc(C2=CCCCC2)cc1. The second-order valence-electron chi connectivity index (χ2n) is 3.97. The van der Waals surface area contributed by atoms with Crippen molar-refractivity contribution in [2.75, 3.05) is 0 Å². The van der Waals surface area contributed by atoms with Crippen LogP contribution in [0.4, 0.5) is 0 Å². The fourth-order valence-corrected chi connectivity index (χ4v) is 1.97. The number of rotatable bonds is 2. The van der Waals surface area contributed by atoms with Gasteiger partial charge in [0, 0.05) is 0 Å². The Morgan fingerprint density at radius 1 is 1.00 bits per heavy atom. The van der Waals surface area contributed by atoms with E-state index in [4.69, 9.17) is 10.0 Å². The van der Waals surface area contributed by atoms with Gasteiger partial charge in [-0.1, -0.05) is 30.3 Å². The molecule has 0 bridgehead atoms. The molecule has 3 heteroatoms. The van der Waals surface area contributed by atoms with E-state index in [9.17, 15) is 0 Å². The second-order valence-corrected chi connectivity index (χ2v) is 3.97. The quantitative estimate of drug-likeness (QED) is 0.710. The molecule has 1 aliphatic carbocycles. The van der Waals surface area contributed by atoms with E-state index in [2.05, 4.69) is 6.08 Å². The molecule has 0 aromatic heterocycles. The summed E-state index contributed by atoms with van der Waals surface area (Å²) in [6.07, 6.45) is 7.14. The van der Waals surface area contributed by atoms with Crippen molar-refractivity contribution in [2.24, 2.45) is 0 Å². The van der Waals surface area contributed by atoms with Crippen LogP contribution in [0.15, 0.2) is 30.3 Å². The minimum atomic E-state index is -1.36. The van der Waals surface area contributed by atoms with E-state index in [1.54, 1.807) is 12.1 Å². The zero-order valence-electron chi connectivity index (χ0n) is 8.69. The zero-order valence-corrected chi connectivity index (χ0v) is 8.69. The van der Waals surface area contributed by atoms with Crippen LogP contribution in [-0.2, 0) is 0 Å². The van der Waals surface area contributed by atoms with Crippen LogP contribution in [0.3, 0.4) is 0 Å². The molecule has 0 aliphatic heterocycles. The predicted molar refractivity (Wildman–Crippen MR) is 62.7 cm³/mol. The zero-order chi connectivity index (χ0) is 10.7. The summed E-state index contributed by atoms with van der Waals surface area (Å²) >= 11 is 0. The maximum absolute atomic E-state index is 8.97. The van der Waals surface area contributed by atoms with E-state index < -0.39 is 7.12 Å². The molecule has 15 heavy (non-hydrogen) atoms. The van der Waals surface area contributed by atoms with Crippen LogP contribution in [0.1, 0.15) is 31.2 Å². The van der Waals surface area contributed by atoms with Crippen molar-refractivity contribution < 1.29 is 10.0 Å². The second kappa shape index (κ2) is 4.64. The van der Waals surface area contributed by atoms with Crippen LogP contribution in [0.5, 0.6) is 0 Å². The molecular formula is C12H15BO2. The maximum Gasteiger partial charge on any atom is 0.488 e. The highest BCUT2D eigenvalue weighted by Crippen LogP contribution is 2.25. The third-order valence-electron chi connectivity index (χ3n) is 2.87. The molecule has 0 unspecified atom stereocenters. The lowest BCUT2D eigenvalue weighted by Gasteiger charge is -2.13. The van der Waals surface area contributed by atoms with Crippen LogP contribution < -0.4 is 5.46 Å². The highest BCUT2D eigenvalue weighted by molar-refractivity contribution is 6.58. The molecule has 0 spiro atoms. The average molecular weight is 202 g/mol. The first kappa shape index (κ1) is 10.5. The monoisotopic (exact) mass is 202 g/mol. The van der Waals surface area contributed by atoms with Crippen molar-refractivity contribution in [3.8, 4) is 0 Å². The third kappa shape index (κ3) is 2.49. The van der Waals surface area contributed by atoms with Gasteiger partial charge in [0.05, 0.1) is 0 Å². The largest absolute Gasteiger partial charge is 0.488 e. The van der Waals surface area contributed by atoms with Crippen molar-refractivity contribution in [1.82, 2.24) is 0 Å². The molecule has 78 valence electrons. The summed E-state index contributed by atoms with van der Waals surface area (Å²) in [4.78, 5) is 0. The Kier molecular flexibility index (Phi) is 3.24. The molecule has 0 atom stereocenters. The van der Waals surface area contributed by atoms with Crippen LogP contribution in [0, 0.1) is 0 Å². The van der Waals surface area contributed by atoms with Crippen LogP contribution in [-0.4, -0.2) is 17.2 Å². The van der Waals surface area contributed by atoms with Gasteiger partial charge in [0.1, 0.15) is 0 Å². The molecule has 0 amide bonds. The van der Waals surface area contributed by atoms with Gasteiger partial charge < -0.3 is 10.0 Å². The highest BCUT2D eigenvalue weighted by Gasteiger charge is 2.11. The van der Waals surface area contributed by atoms with E-state index in [-0.39, 0.29) is 0 Å². The molecule has 2 N–H and O–H groups in total. The average Bonchev–Trinajstić information content (AvgIpc) is 2.30. The summed E-state index contributed by atoms with van der Waals surface area (Å²) in [5.41, 5.74) is 3.15. The van der Waals surface area contributed by atoms with Crippen molar-refractivity contribution in [2.45, 2.75) is 25.7 Å². The Hall–Kier alpha value is -1.06. The van der Waals surface area contributed by atoms with E-state index in [0.29, 0.717) is 5.46 Å². The Morgan fingerprint density at radius 2 is 1.73 bits per heavy atom. The van der Waals surface area contributed by atoms with Gasteiger partial charge in [-0.15, -0.1) is 0 Å². The van der Waals surface area contributed by atoms with Gasteiger partial charge in [-0.2, -0.15) is 0 Å². The fourth-order valence-electron chi connectivity index (χ4n) is 1.97. The van der Waals surface area contributed by atoms with Crippen molar-refractivity contribution in [3.05, 3.63) is 35.9 Å². The third-order valence-corrected chi connectivity index (χ3v) is 2.87. The van der Waals surface area contributed by atoms with E-state index >= 15 is 0 Å². The molecule has 1 aromatic carbocycles. The fraction of sp³-hybridized carbons (Fsp3) is 0.333. The topological polar surface area (TPSA) is 40.5 Å². The Labute approximate surface area is 90.4 Å². The molecule has 0 saturated carbocycles. The Morgan fingerprint density at radius 3 is 2.27 bits per heavy atom. The van der Waals surface area contributed by atoms with Crippen molar-refractivity contribution in [1.29, 1.82) is 0 Å². The first-order valence-electron chi connectivity index (χ1n) is 5.43. The molecule has 0 radical (unpaired) electrons. The molecule has 0 heterocycles. The smallest absolute Gasteiger partial charge is 0.423 e. The Bertz CT molecular complexity index is 354. The van der Waals surface area contributed by atoms with Gasteiger partial charge in [0.15, 0.2) is 0 Å². The summed E-state index contributed by atoms with van der Waals surface area (Å²) in [5.74, 6) is 0. The first-order valence-corrected chi connectivity index (χ1v) is 5.43. The maximum atomic E-state index is 8.97. The number of hydrogen-bond acceptors (Lipinski definition) is 2. The van der Waals surface area contributed by atoms with E-state index in [0.717, 1.165) is 6.42 Å². The summed E-state index contributed by atoms with van der Waals surface area (Å²) in [6, 6.07) is 7.47. The van der Waals surface area contributed by atoms with Crippen LogP contribution in [0.2, 0.25) is 0 Å². The lowest BCUT2D eigenvalue weighted by atomic mass is 9.79. The van der Waals surface area contributed by atoms with Crippen LogP contribution >= 0.6 is 0 Å². The van der Waals surface area contributed by atoms with Gasteiger partial charge in [-0.25, -0.2) is 0 Å². The number of hydrogen-bond donors (Lipinski definition) is 2. The molecule has 2 rings (SSSR count). The van der Waals surface area contributed by atoms with E-state index in [1.165, 1.54) is 30.4 Å². The van der Waals surface area contributed by atoms with Gasteiger partial charge in [0.2, 0.25) is 0 Å². The first-order chi connectivity index (χ1) is 7.27. The van der Waals surface area contributed by atoms with Crippen molar-refractivity contribution >= 4 is 18.2 Å². The normalized spacial score (nSPS) is 16.0. The standard InChI is InChI=1S/C12H15BO2/c14-13(15)12-8-6-11(7-9-12)10-4-2-1-3-5-10/h4,6-9,14-15H,1-3,5H2. The minimum absolute atomic E-state index is 0.551. The van der Waals surface area contributed by atoms with Gasteiger partial charge in [-0.3, -0.25) is 0 Å². The van der Waals surface area contributed by atoms with Gasteiger partial charge in [0.25, 0.3) is 0 Å². The van der Waals surface area contributed by atoms with E-state index in [1.807, 2.05) is 12.1 Å². The minimum Gasteiger partial charge on any atom is -0.423 e. The lowest BCUT2D eigenvalue weighted by Crippen LogP contribution is -2.29. The molecule has 0 saturated heterocycles. The van der Waals surface area contributed by atoms with Crippen molar-refractivity contribution in [3.63, 3.8) is 0 Å². The van der Waals surface area contributed by atoms with Gasteiger partial charge in [-0.05, 0) is 42.3 Å². The Balaban J connectivity index is 2.19. The molecule has 1 aliphatic rings. The summed E-state index contributed by atoms with van der Waals surface area (Å²) in [7, 11) is -1.36. The summed E-state index contributed by atoms with van der Waals surface area (Å²) in [6.45, 7) is 0. The van der Waals surface area contributed by atoms with Gasteiger partial charge >= 0.3 is 7.12 Å². The number of benzene rings is 1. The molecule has 0 fully saturated rings. The molecule has 1 aromatic rings. The molecule has 2 nitrogen and oxygen atoms in total. The lowest BCUT2D eigenvalue weighted by molar-refractivity contribution is 0.426. The predicted octanol–water partition coefficient (Wildman–Crippen LogP) is 1.32.